The third-order valence-corrected chi connectivity index (χ3v) is 5.23. The molecule has 0 spiro atoms. The molecule has 0 atom stereocenters. The Balaban J connectivity index is 2.18. The third-order valence-electron chi connectivity index (χ3n) is 4.09. The molecule has 110 valence electrons. The standard InChI is InChI=1S/C16H24N2S2/c1-3-20-13-8-6-7-12(14(13)15(17)19)18-11-16(2)9-4-5-10-16/h6-8,18H,3-5,9-11H2,1-2H3,(H2,17,19). The van der Waals surface area contributed by atoms with Crippen LogP contribution in [0.1, 0.15) is 45.1 Å². The van der Waals surface area contributed by atoms with Gasteiger partial charge in [-0.3, -0.25) is 0 Å². The summed E-state index contributed by atoms with van der Waals surface area (Å²) in [6.45, 7) is 5.52. The molecular weight excluding hydrogens is 284 g/mol. The van der Waals surface area contributed by atoms with Gasteiger partial charge < -0.3 is 11.1 Å². The topological polar surface area (TPSA) is 38.0 Å². The zero-order valence-corrected chi connectivity index (χ0v) is 14.0. The number of thiocarbonyl (C=S) groups is 1. The van der Waals surface area contributed by atoms with Crippen LogP contribution in [0.4, 0.5) is 5.69 Å². The minimum Gasteiger partial charge on any atom is -0.389 e. The van der Waals surface area contributed by atoms with E-state index in [2.05, 4.69) is 37.4 Å². The molecule has 20 heavy (non-hydrogen) atoms. The van der Waals surface area contributed by atoms with Gasteiger partial charge in [-0.15, -0.1) is 11.8 Å². The average molecular weight is 309 g/mol. The third kappa shape index (κ3) is 3.67. The number of nitrogens with two attached hydrogens (primary N) is 1. The van der Waals surface area contributed by atoms with Crippen molar-refractivity contribution in [3.63, 3.8) is 0 Å². The van der Waals surface area contributed by atoms with Gasteiger partial charge in [0.15, 0.2) is 0 Å². The molecule has 0 aromatic heterocycles. The lowest BCUT2D eigenvalue weighted by atomic mass is 9.89. The first-order chi connectivity index (χ1) is 9.56. The molecule has 1 aliphatic carbocycles. The van der Waals surface area contributed by atoms with E-state index in [0.29, 0.717) is 10.4 Å². The average Bonchev–Trinajstić information content (AvgIpc) is 2.84. The summed E-state index contributed by atoms with van der Waals surface area (Å²) in [4.78, 5) is 1.67. The molecule has 3 N–H and O–H groups in total. The van der Waals surface area contributed by atoms with Crippen molar-refractivity contribution in [3.05, 3.63) is 23.8 Å². The lowest BCUT2D eigenvalue weighted by Crippen LogP contribution is -2.24. The van der Waals surface area contributed by atoms with E-state index in [1.54, 1.807) is 11.8 Å². The molecule has 2 rings (SSSR count). The van der Waals surface area contributed by atoms with Crippen LogP contribution in [0, 0.1) is 5.41 Å². The summed E-state index contributed by atoms with van der Waals surface area (Å²) in [5.41, 5.74) is 8.46. The molecule has 0 amide bonds. The van der Waals surface area contributed by atoms with Gasteiger partial charge in [0.05, 0.1) is 0 Å². The van der Waals surface area contributed by atoms with E-state index in [1.165, 1.54) is 30.6 Å². The Labute approximate surface area is 131 Å². The Morgan fingerprint density at radius 1 is 1.40 bits per heavy atom. The Kier molecular flexibility index (Phi) is 5.33. The summed E-state index contributed by atoms with van der Waals surface area (Å²) in [5.74, 6) is 1.02. The van der Waals surface area contributed by atoms with Gasteiger partial charge in [-0.2, -0.15) is 0 Å². The Hall–Kier alpha value is -0.740. The normalized spacial score (nSPS) is 17.1. The van der Waals surface area contributed by atoms with E-state index in [-0.39, 0.29) is 0 Å². The van der Waals surface area contributed by atoms with E-state index in [9.17, 15) is 0 Å². The number of hydrogen-bond acceptors (Lipinski definition) is 3. The predicted octanol–water partition coefficient (Wildman–Crippen LogP) is 4.43. The lowest BCUT2D eigenvalue weighted by molar-refractivity contribution is 0.362. The van der Waals surface area contributed by atoms with Gasteiger partial charge in [0, 0.05) is 22.7 Å². The summed E-state index contributed by atoms with van der Waals surface area (Å²) in [5, 5.41) is 3.60. The molecule has 0 saturated heterocycles. The molecule has 1 saturated carbocycles. The van der Waals surface area contributed by atoms with Crippen LogP contribution in [0.5, 0.6) is 0 Å². The number of nitrogens with one attached hydrogen (secondary N) is 1. The first-order valence-electron chi connectivity index (χ1n) is 7.35. The van der Waals surface area contributed by atoms with Crippen molar-refractivity contribution in [2.24, 2.45) is 11.1 Å². The zero-order chi connectivity index (χ0) is 14.6. The highest BCUT2D eigenvalue weighted by Crippen LogP contribution is 2.38. The van der Waals surface area contributed by atoms with Gasteiger partial charge in [-0.05, 0) is 36.1 Å². The van der Waals surface area contributed by atoms with E-state index >= 15 is 0 Å². The monoisotopic (exact) mass is 308 g/mol. The minimum atomic E-state index is 0.418. The number of benzene rings is 1. The quantitative estimate of drug-likeness (QED) is 0.602. The summed E-state index contributed by atoms with van der Waals surface area (Å²) in [7, 11) is 0. The molecule has 1 aromatic carbocycles. The summed E-state index contributed by atoms with van der Waals surface area (Å²) < 4.78 is 0. The largest absolute Gasteiger partial charge is 0.389 e. The van der Waals surface area contributed by atoms with Gasteiger partial charge in [0.1, 0.15) is 4.99 Å². The second-order valence-corrected chi connectivity index (χ2v) is 7.59. The van der Waals surface area contributed by atoms with Gasteiger partial charge >= 0.3 is 0 Å². The van der Waals surface area contributed by atoms with Crippen molar-refractivity contribution < 1.29 is 0 Å². The maximum atomic E-state index is 5.94. The Morgan fingerprint density at radius 2 is 2.10 bits per heavy atom. The maximum Gasteiger partial charge on any atom is 0.107 e. The molecule has 0 radical (unpaired) electrons. The number of hydrogen-bond donors (Lipinski definition) is 2. The minimum absolute atomic E-state index is 0.418. The van der Waals surface area contributed by atoms with E-state index < -0.39 is 0 Å². The van der Waals surface area contributed by atoms with Crippen LogP contribution < -0.4 is 11.1 Å². The van der Waals surface area contributed by atoms with Crippen molar-refractivity contribution in [1.29, 1.82) is 0 Å². The van der Waals surface area contributed by atoms with E-state index in [0.717, 1.165) is 23.5 Å². The highest BCUT2D eigenvalue weighted by atomic mass is 32.2. The second kappa shape index (κ2) is 6.81. The smallest absolute Gasteiger partial charge is 0.107 e. The highest BCUT2D eigenvalue weighted by Gasteiger charge is 2.28. The molecule has 4 heteroatoms. The molecule has 0 aliphatic heterocycles. The Morgan fingerprint density at radius 3 is 2.70 bits per heavy atom. The lowest BCUT2D eigenvalue weighted by Gasteiger charge is -2.25. The second-order valence-electron chi connectivity index (χ2n) is 5.85. The summed E-state index contributed by atoms with van der Waals surface area (Å²) in [6, 6.07) is 6.27. The fourth-order valence-electron chi connectivity index (χ4n) is 2.92. The van der Waals surface area contributed by atoms with Gasteiger partial charge in [-0.25, -0.2) is 0 Å². The van der Waals surface area contributed by atoms with Crippen molar-refractivity contribution in [2.45, 2.75) is 44.4 Å². The van der Waals surface area contributed by atoms with Gasteiger partial charge in [0.25, 0.3) is 0 Å². The van der Waals surface area contributed by atoms with Crippen LogP contribution in [0.25, 0.3) is 0 Å². The molecule has 1 aromatic rings. The molecule has 0 heterocycles. The van der Waals surface area contributed by atoms with Crippen LogP contribution >= 0.6 is 24.0 Å². The van der Waals surface area contributed by atoms with Crippen molar-refractivity contribution >= 4 is 34.7 Å². The fourth-order valence-corrected chi connectivity index (χ4v) is 4.06. The van der Waals surface area contributed by atoms with E-state index in [4.69, 9.17) is 18.0 Å². The SMILES string of the molecule is CCSc1cccc(NCC2(C)CCCC2)c1C(N)=S. The molecule has 2 nitrogen and oxygen atoms in total. The molecular formula is C16H24N2S2. The fraction of sp³-hybridized carbons (Fsp3) is 0.562. The highest BCUT2D eigenvalue weighted by molar-refractivity contribution is 7.99. The Bertz CT molecular complexity index is 479. The van der Waals surface area contributed by atoms with Gasteiger partial charge in [0.2, 0.25) is 0 Å². The number of anilines is 1. The van der Waals surface area contributed by atoms with Crippen LogP contribution in [0.2, 0.25) is 0 Å². The molecule has 0 bridgehead atoms. The molecule has 1 aliphatic rings. The number of thioether (sulfide) groups is 1. The summed E-state index contributed by atoms with van der Waals surface area (Å²) >= 11 is 7.05. The van der Waals surface area contributed by atoms with Crippen molar-refractivity contribution in [2.75, 3.05) is 17.6 Å². The van der Waals surface area contributed by atoms with Crippen LogP contribution in [0.3, 0.4) is 0 Å². The first kappa shape index (κ1) is 15.6. The first-order valence-corrected chi connectivity index (χ1v) is 8.74. The van der Waals surface area contributed by atoms with Crippen LogP contribution in [-0.2, 0) is 0 Å². The van der Waals surface area contributed by atoms with Crippen LogP contribution in [0.15, 0.2) is 23.1 Å². The zero-order valence-electron chi connectivity index (χ0n) is 12.4. The van der Waals surface area contributed by atoms with Crippen LogP contribution in [-0.4, -0.2) is 17.3 Å². The van der Waals surface area contributed by atoms with Crippen molar-refractivity contribution in [3.8, 4) is 0 Å². The van der Waals surface area contributed by atoms with Gasteiger partial charge in [-0.1, -0.05) is 45.0 Å². The molecule has 1 fully saturated rings. The summed E-state index contributed by atoms with van der Waals surface area (Å²) in [6.07, 6.45) is 5.33. The predicted molar refractivity (Wildman–Crippen MR) is 93.8 cm³/mol. The van der Waals surface area contributed by atoms with E-state index in [1.807, 2.05) is 0 Å². The molecule has 0 unspecified atom stereocenters. The maximum absolute atomic E-state index is 5.94. The number of rotatable bonds is 6. The van der Waals surface area contributed by atoms with Crippen molar-refractivity contribution in [1.82, 2.24) is 0 Å².